The van der Waals surface area contributed by atoms with Gasteiger partial charge in [0, 0.05) is 13.0 Å². The number of carbonyl (C=O) groups excluding carboxylic acids is 1. The molecule has 7 nitrogen and oxygen atoms in total. The molecule has 1 aliphatic carbocycles. The minimum absolute atomic E-state index is 0.174. The summed E-state index contributed by atoms with van der Waals surface area (Å²) in [5.74, 6) is -1.74. The van der Waals surface area contributed by atoms with Gasteiger partial charge in [-0.25, -0.2) is 4.68 Å². The van der Waals surface area contributed by atoms with Gasteiger partial charge in [-0.15, -0.1) is 0 Å². The standard InChI is InChI=1S/C18H21N3O4/c1-18(2,17(24)25)16(23)19-13-14(11-9-10-11)20(3)21(15(13)22)12-7-5-4-6-8-12/h4-8,11H,9-10H2,1-3H3,(H,19,23)(H,24,25). The second-order valence-corrected chi connectivity index (χ2v) is 6.89. The van der Waals surface area contributed by atoms with Crippen LogP contribution in [-0.2, 0) is 16.6 Å². The minimum atomic E-state index is -1.62. The molecule has 7 heteroatoms. The number of amides is 1. The van der Waals surface area contributed by atoms with Gasteiger partial charge in [0.25, 0.3) is 5.56 Å². The van der Waals surface area contributed by atoms with Crippen LogP contribution in [0.4, 0.5) is 5.69 Å². The first-order chi connectivity index (χ1) is 11.7. The van der Waals surface area contributed by atoms with Crippen LogP contribution in [0.15, 0.2) is 35.1 Å². The number of hydrogen-bond donors (Lipinski definition) is 2. The van der Waals surface area contributed by atoms with Gasteiger partial charge >= 0.3 is 5.97 Å². The van der Waals surface area contributed by atoms with Crippen LogP contribution in [0.25, 0.3) is 5.69 Å². The zero-order chi connectivity index (χ0) is 18.4. The molecule has 1 aromatic carbocycles. The largest absolute Gasteiger partial charge is 0.480 e. The Bertz CT molecular complexity index is 889. The number of anilines is 1. The van der Waals surface area contributed by atoms with Crippen molar-refractivity contribution in [3.63, 3.8) is 0 Å². The number of carbonyl (C=O) groups is 2. The average molecular weight is 343 g/mol. The van der Waals surface area contributed by atoms with Crippen molar-refractivity contribution in [2.45, 2.75) is 32.6 Å². The smallest absolute Gasteiger partial charge is 0.318 e. The van der Waals surface area contributed by atoms with Gasteiger partial charge in [0.1, 0.15) is 11.1 Å². The molecular formula is C18H21N3O4. The van der Waals surface area contributed by atoms with Crippen LogP contribution >= 0.6 is 0 Å². The zero-order valence-corrected chi connectivity index (χ0v) is 14.4. The topological polar surface area (TPSA) is 93.3 Å². The third-order valence-corrected chi connectivity index (χ3v) is 4.62. The fourth-order valence-corrected chi connectivity index (χ4v) is 2.79. The van der Waals surface area contributed by atoms with Gasteiger partial charge in [-0.3, -0.25) is 19.1 Å². The van der Waals surface area contributed by atoms with Crippen LogP contribution in [0.5, 0.6) is 0 Å². The molecule has 1 aliphatic rings. The first-order valence-corrected chi connectivity index (χ1v) is 8.17. The summed E-state index contributed by atoms with van der Waals surface area (Å²) in [5, 5.41) is 11.8. The molecule has 3 rings (SSSR count). The molecule has 25 heavy (non-hydrogen) atoms. The van der Waals surface area contributed by atoms with Crippen molar-refractivity contribution in [3.05, 3.63) is 46.4 Å². The van der Waals surface area contributed by atoms with E-state index in [1.807, 2.05) is 30.3 Å². The van der Waals surface area contributed by atoms with Gasteiger partial charge in [0.05, 0.1) is 11.4 Å². The first-order valence-electron chi connectivity index (χ1n) is 8.17. The lowest BCUT2D eigenvalue weighted by atomic mass is 9.92. The van der Waals surface area contributed by atoms with Crippen LogP contribution in [0.2, 0.25) is 0 Å². The molecule has 1 amide bonds. The summed E-state index contributed by atoms with van der Waals surface area (Å²) < 4.78 is 3.25. The number of rotatable bonds is 5. The Morgan fingerprint density at radius 1 is 1.20 bits per heavy atom. The Morgan fingerprint density at radius 3 is 2.32 bits per heavy atom. The molecule has 0 radical (unpaired) electrons. The van der Waals surface area contributed by atoms with Crippen molar-refractivity contribution < 1.29 is 14.7 Å². The highest BCUT2D eigenvalue weighted by Gasteiger charge is 2.39. The lowest BCUT2D eigenvalue weighted by Crippen LogP contribution is -2.39. The Balaban J connectivity index is 2.10. The van der Waals surface area contributed by atoms with E-state index in [0.29, 0.717) is 5.69 Å². The molecule has 0 spiro atoms. The van der Waals surface area contributed by atoms with Gasteiger partial charge in [0.2, 0.25) is 5.91 Å². The summed E-state index contributed by atoms with van der Waals surface area (Å²) in [6.45, 7) is 2.64. The average Bonchev–Trinajstić information content (AvgIpc) is 3.36. The fraction of sp³-hybridized carbons (Fsp3) is 0.389. The molecule has 2 N–H and O–H groups in total. The van der Waals surface area contributed by atoms with Gasteiger partial charge in [0.15, 0.2) is 0 Å². The maximum absolute atomic E-state index is 13.0. The predicted octanol–water partition coefficient (Wildman–Crippen LogP) is 2.10. The van der Waals surface area contributed by atoms with E-state index in [-0.39, 0.29) is 17.2 Å². The quantitative estimate of drug-likeness (QED) is 0.813. The SMILES string of the molecule is Cn1c(C2CC2)c(NC(=O)C(C)(C)C(=O)O)c(=O)n1-c1ccccc1. The zero-order valence-electron chi connectivity index (χ0n) is 14.4. The van der Waals surface area contributed by atoms with Crippen molar-refractivity contribution in [2.75, 3.05) is 5.32 Å². The molecule has 0 aliphatic heterocycles. The maximum atomic E-state index is 13.0. The number of carboxylic acids is 1. The van der Waals surface area contributed by atoms with E-state index >= 15 is 0 Å². The summed E-state index contributed by atoms with van der Waals surface area (Å²) >= 11 is 0. The molecule has 1 heterocycles. The molecule has 1 fully saturated rings. The first kappa shape index (κ1) is 17.0. The number of nitrogens with one attached hydrogen (secondary N) is 1. The monoisotopic (exact) mass is 343 g/mol. The maximum Gasteiger partial charge on any atom is 0.318 e. The molecule has 132 valence electrons. The van der Waals surface area contributed by atoms with E-state index in [1.165, 1.54) is 18.5 Å². The highest BCUT2D eigenvalue weighted by molar-refractivity contribution is 6.07. The van der Waals surface area contributed by atoms with Crippen LogP contribution in [0, 0.1) is 5.41 Å². The molecule has 0 bridgehead atoms. The number of carboxylic acid groups (broad SMARTS) is 1. The Morgan fingerprint density at radius 2 is 1.80 bits per heavy atom. The van der Waals surface area contributed by atoms with Crippen LogP contribution in [0.1, 0.15) is 38.3 Å². The number of aliphatic carboxylic acids is 1. The summed E-state index contributed by atoms with van der Waals surface area (Å²) in [6, 6.07) is 9.14. The number of benzene rings is 1. The predicted molar refractivity (Wildman–Crippen MR) is 93.0 cm³/mol. The molecule has 0 atom stereocenters. The van der Waals surface area contributed by atoms with Crippen LogP contribution < -0.4 is 10.9 Å². The molecule has 0 saturated heterocycles. The van der Waals surface area contributed by atoms with E-state index in [1.54, 1.807) is 11.7 Å². The van der Waals surface area contributed by atoms with E-state index in [2.05, 4.69) is 5.32 Å². The van der Waals surface area contributed by atoms with Crippen molar-refractivity contribution in [3.8, 4) is 5.69 Å². The number of aromatic nitrogens is 2. The van der Waals surface area contributed by atoms with Crippen molar-refractivity contribution in [1.82, 2.24) is 9.36 Å². The van der Waals surface area contributed by atoms with Gasteiger partial charge in [-0.1, -0.05) is 18.2 Å². The van der Waals surface area contributed by atoms with Gasteiger partial charge in [-0.2, -0.15) is 0 Å². The van der Waals surface area contributed by atoms with Crippen LogP contribution in [-0.4, -0.2) is 26.3 Å². The fourth-order valence-electron chi connectivity index (χ4n) is 2.79. The molecule has 1 saturated carbocycles. The molecule has 0 unspecified atom stereocenters. The van der Waals surface area contributed by atoms with Gasteiger partial charge in [-0.05, 0) is 38.8 Å². The second kappa shape index (κ2) is 5.91. The molecule has 1 aromatic heterocycles. The van der Waals surface area contributed by atoms with Crippen LogP contribution in [0.3, 0.4) is 0 Å². The highest BCUT2D eigenvalue weighted by Crippen LogP contribution is 2.43. The van der Waals surface area contributed by atoms with Gasteiger partial charge < -0.3 is 10.4 Å². The third kappa shape index (κ3) is 2.86. The van der Waals surface area contributed by atoms with E-state index in [4.69, 9.17) is 0 Å². The molecule has 2 aromatic rings. The summed E-state index contributed by atoms with van der Waals surface area (Å²) in [5.41, 5.74) is -0.377. The Labute approximate surface area is 144 Å². The second-order valence-electron chi connectivity index (χ2n) is 6.89. The summed E-state index contributed by atoms with van der Waals surface area (Å²) in [6.07, 6.45) is 1.88. The van der Waals surface area contributed by atoms with Crippen molar-refractivity contribution in [1.29, 1.82) is 0 Å². The third-order valence-electron chi connectivity index (χ3n) is 4.62. The Hall–Kier alpha value is -2.83. The highest BCUT2D eigenvalue weighted by atomic mass is 16.4. The normalized spacial score (nSPS) is 14.4. The number of nitrogens with zero attached hydrogens (tertiary/aromatic N) is 2. The summed E-state index contributed by atoms with van der Waals surface area (Å²) in [7, 11) is 1.78. The number of para-hydroxylation sites is 1. The lowest BCUT2D eigenvalue weighted by Gasteiger charge is -2.18. The lowest BCUT2D eigenvalue weighted by molar-refractivity contribution is -0.151. The van der Waals surface area contributed by atoms with Crippen molar-refractivity contribution in [2.24, 2.45) is 12.5 Å². The van der Waals surface area contributed by atoms with E-state index in [0.717, 1.165) is 18.5 Å². The Kier molecular flexibility index (Phi) is 4.02. The minimum Gasteiger partial charge on any atom is -0.480 e. The van der Waals surface area contributed by atoms with E-state index in [9.17, 15) is 19.5 Å². The summed E-state index contributed by atoms with van der Waals surface area (Å²) in [4.78, 5) is 36.7. The molecular weight excluding hydrogens is 322 g/mol. The van der Waals surface area contributed by atoms with E-state index < -0.39 is 17.3 Å². The van der Waals surface area contributed by atoms with Crippen molar-refractivity contribution >= 4 is 17.6 Å². The number of hydrogen-bond acceptors (Lipinski definition) is 3.